The van der Waals surface area contributed by atoms with Crippen molar-refractivity contribution in [1.82, 2.24) is 9.80 Å². The third kappa shape index (κ3) is 3.44. The minimum Gasteiger partial charge on any atom is -0.356 e. The standard InChI is InChI=1S/C13H26N2/c1-4-7-8-10-15-12-11-14(9-5-2)13(15)6-3/h11-13H,4-10H2,1-3H3. The molecular formula is C13H26N2. The first-order valence-corrected chi connectivity index (χ1v) is 6.53. The molecule has 1 heterocycles. The highest BCUT2D eigenvalue weighted by molar-refractivity contribution is 4.96. The van der Waals surface area contributed by atoms with Gasteiger partial charge < -0.3 is 9.80 Å². The second kappa shape index (κ2) is 6.76. The Morgan fingerprint density at radius 3 is 2.07 bits per heavy atom. The van der Waals surface area contributed by atoms with Gasteiger partial charge in [0.05, 0.1) is 0 Å². The first kappa shape index (κ1) is 12.4. The normalized spacial score (nSPS) is 20.3. The Hall–Kier alpha value is -0.660. The molecule has 2 nitrogen and oxygen atoms in total. The van der Waals surface area contributed by atoms with Gasteiger partial charge in [-0.3, -0.25) is 0 Å². The van der Waals surface area contributed by atoms with E-state index in [1.807, 2.05) is 0 Å². The molecule has 0 bridgehead atoms. The minimum absolute atomic E-state index is 0.627. The molecule has 0 amide bonds. The van der Waals surface area contributed by atoms with E-state index in [4.69, 9.17) is 0 Å². The molecule has 0 aromatic rings. The van der Waals surface area contributed by atoms with Crippen LogP contribution in [-0.4, -0.2) is 29.1 Å². The van der Waals surface area contributed by atoms with Crippen LogP contribution in [0.25, 0.3) is 0 Å². The molecule has 0 aliphatic carbocycles. The molecule has 0 aromatic carbocycles. The molecule has 0 N–H and O–H groups in total. The van der Waals surface area contributed by atoms with Crippen LogP contribution in [0.15, 0.2) is 12.4 Å². The number of unbranched alkanes of at least 4 members (excludes halogenated alkanes) is 2. The smallest absolute Gasteiger partial charge is 0.100 e. The zero-order chi connectivity index (χ0) is 11.1. The molecule has 0 spiro atoms. The van der Waals surface area contributed by atoms with Gasteiger partial charge in [-0.1, -0.05) is 33.6 Å². The molecule has 0 radical (unpaired) electrons. The molecule has 1 rings (SSSR count). The van der Waals surface area contributed by atoms with E-state index in [2.05, 4.69) is 43.0 Å². The summed E-state index contributed by atoms with van der Waals surface area (Å²) in [6.07, 6.45) is 11.6. The van der Waals surface area contributed by atoms with Crippen LogP contribution in [0, 0.1) is 0 Å². The van der Waals surface area contributed by atoms with Gasteiger partial charge in [-0.15, -0.1) is 0 Å². The van der Waals surface area contributed by atoms with E-state index >= 15 is 0 Å². The molecule has 0 saturated heterocycles. The van der Waals surface area contributed by atoms with E-state index in [9.17, 15) is 0 Å². The fraction of sp³-hybridized carbons (Fsp3) is 0.846. The second-order valence-electron chi connectivity index (χ2n) is 4.37. The largest absolute Gasteiger partial charge is 0.356 e. The molecule has 1 aliphatic heterocycles. The second-order valence-corrected chi connectivity index (χ2v) is 4.37. The summed E-state index contributed by atoms with van der Waals surface area (Å²) in [5.74, 6) is 0. The van der Waals surface area contributed by atoms with Crippen molar-refractivity contribution < 1.29 is 0 Å². The maximum Gasteiger partial charge on any atom is 0.100 e. The predicted octanol–water partition coefficient (Wildman–Crippen LogP) is 3.41. The zero-order valence-corrected chi connectivity index (χ0v) is 10.6. The lowest BCUT2D eigenvalue weighted by atomic mass is 10.2. The first-order chi connectivity index (χ1) is 7.33. The van der Waals surface area contributed by atoms with E-state index in [-0.39, 0.29) is 0 Å². The van der Waals surface area contributed by atoms with Crippen molar-refractivity contribution >= 4 is 0 Å². The minimum atomic E-state index is 0.627. The van der Waals surface area contributed by atoms with Gasteiger partial charge in [0, 0.05) is 25.5 Å². The highest BCUT2D eigenvalue weighted by Crippen LogP contribution is 2.19. The molecule has 1 atom stereocenters. The van der Waals surface area contributed by atoms with Gasteiger partial charge in [0.2, 0.25) is 0 Å². The van der Waals surface area contributed by atoms with E-state index in [1.54, 1.807) is 0 Å². The van der Waals surface area contributed by atoms with Crippen molar-refractivity contribution in [2.45, 2.75) is 59.0 Å². The van der Waals surface area contributed by atoms with E-state index in [0.717, 1.165) is 0 Å². The average molecular weight is 210 g/mol. The lowest BCUT2D eigenvalue weighted by Gasteiger charge is -2.31. The summed E-state index contributed by atoms with van der Waals surface area (Å²) in [4.78, 5) is 4.98. The lowest BCUT2D eigenvalue weighted by Crippen LogP contribution is -2.38. The molecular weight excluding hydrogens is 184 g/mol. The van der Waals surface area contributed by atoms with Crippen molar-refractivity contribution in [1.29, 1.82) is 0 Å². The van der Waals surface area contributed by atoms with Gasteiger partial charge in [0.25, 0.3) is 0 Å². The Bertz CT molecular complexity index is 189. The highest BCUT2D eigenvalue weighted by Gasteiger charge is 2.22. The molecule has 88 valence electrons. The van der Waals surface area contributed by atoms with Crippen LogP contribution < -0.4 is 0 Å². The number of hydrogen-bond donors (Lipinski definition) is 0. The molecule has 0 aromatic heterocycles. The average Bonchev–Trinajstić information content (AvgIpc) is 2.62. The topological polar surface area (TPSA) is 6.48 Å². The first-order valence-electron chi connectivity index (χ1n) is 6.53. The van der Waals surface area contributed by atoms with Crippen LogP contribution in [0.5, 0.6) is 0 Å². The summed E-state index contributed by atoms with van der Waals surface area (Å²) in [7, 11) is 0. The monoisotopic (exact) mass is 210 g/mol. The Balaban J connectivity index is 2.35. The number of hydrogen-bond acceptors (Lipinski definition) is 2. The van der Waals surface area contributed by atoms with Crippen LogP contribution in [0.2, 0.25) is 0 Å². The Morgan fingerprint density at radius 2 is 1.53 bits per heavy atom. The Labute approximate surface area is 94.9 Å². The summed E-state index contributed by atoms with van der Waals surface area (Å²) in [6, 6.07) is 0. The summed E-state index contributed by atoms with van der Waals surface area (Å²) >= 11 is 0. The van der Waals surface area contributed by atoms with E-state index in [0.29, 0.717) is 6.17 Å². The van der Waals surface area contributed by atoms with Gasteiger partial charge in [-0.25, -0.2) is 0 Å². The summed E-state index contributed by atoms with van der Waals surface area (Å²) < 4.78 is 0. The lowest BCUT2D eigenvalue weighted by molar-refractivity contribution is 0.146. The van der Waals surface area contributed by atoms with Crippen LogP contribution in [0.3, 0.4) is 0 Å². The van der Waals surface area contributed by atoms with Gasteiger partial charge in [0.1, 0.15) is 6.17 Å². The predicted molar refractivity (Wildman–Crippen MR) is 66.4 cm³/mol. The summed E-state index contributed by atoms with van der Waals surface area (Å²) in [5, 5.41) is 0. The van der Waals surface area contributed by atoms with Crippen LogP contribution in [-0.2, 0) is 0 Å². The fourth-order valence-corrected chi connectivity index (χ4v) is 2.28. The number of rotatable bonds is 7. The number of nitrogens with zero attached hydrogens (tertiary/aromatic N) is 2. The molecule has 1 unspecified atom stereocenters. The van der Waals surface area contributed by atoms with Gasteiger partial charge in [-0.05, 0) is 19.3 Å². The van der Waals surface area contributed by atoms with E-state index < -0.39 is 0 Å². The molecule has 15 heavy (non-hydrogen) atoms. The molecule has 0 saturated carbocycles. The van der Waals surface area contributed by atoms with Crippen molar-refractivity contribution in [2.24, 2.45) is 0 Å². The van der Waals surface area contributed by atoms with Gasteiger partial charge >= 0.3 is 0 Å². The molecule has 0 fully saturated rings. The third-order valence-electron chi connectivity index (χ3n) is 3.08. The van der Waals surface area contributed by atoms with Crippen molar-refractivity contribution in [3.05, 3.63) is 12.4 Å². The van der Waals surface area contributed by atoms with Gasteiger partial charge in [-0.2, -0.15) is 0 Å². The Morgan fingerprint density at radius 1 is 0.867 bits per heavy atom. The maximum atomic E-state index is 2.51. The van der Waals surface area contributed by atoms with Crippen molar-refractivity contribution in [2.75, 3.05) is 13.1 Å². The summed E-state index contributed by atoms with van der Waals surface area (Å²) in [5.41, 5.74) is 0. The van der Waals surface area contributed by atoms with Crippen LogP contribution in [0.4, 0.5) is 0 Å². The summed E-state index contributed by atoms with van der Waals surface area (Å²) in [6.45, 7) is 9.22. The van der Waals surface area contributed by atoms with E-state index in [1.165, 1.54) is 45.2 Å². The zero-order valence-electron chi connectivity index (χ0n) is 10.6. The van der Waals surface area contributed by atoms with Crippen LogP contribution in [0.1, 0.15) is 52.9 Å². The van der Waals surface area contributed by atoms with Gasteiger partial charge in [0.15, 0.2) is 0 Å². The highest BCUT2D eigenvalue weighted by atomic mass is 15.4. The molecule has 2 heteroatoms. The van der Waals surface area contributed by atoms with Crippen LogP contribution >= 0.6 is 0 Å². The SMILES string of the molecule is CCCCCN1C=CN(CCC)C1CC. The maximum absolute atomic E-state index is 2.51. The third-order valence-corrected chi connectivity index (χ3v) is 3.08. The quantitative estimate of drug-likeness (QED) is 0.594. The fourth-order valence-electron chi connectivity index (χ4n) is 2.28. The molecule has 1 aliphatic rings. The Kier molecular flexibility index (Phi) is 5.59. The van der Waals surface area contributed by atoms with Crippen molar-refractivity contribution in [3.63, 3.8) is 0 Å². The van der Waals surface area contributed by atoms with Crippen molar-refractivity contribution in [3.8, 4) is 0 Å².